The summed E-state index contributed by atoms with van der Waals surface area (Å²) in [6.45, 7) is 8.38. The standard InChI is InChI=1S/C25H32N2O6/c1-24(2,26-15-21(29)16-10-11-20(28)17(14-16)22(30)32-5)12-13-27-19-9-7-6-8-18(19)25(3,4)33-23(27)31/h6-11,14,21,26,28-29H,12-13,15H2,1-5H3. The summed E-state index contributed by atoms with van der Waals surface area (Å²) in [5.74, 6) is -0.880. The highest BCUT2D eigenvalue weighted by Gasteiger charge is 2.38. The van der Waals surface area contributed by atoms with Gasteiger partial charge in [0.15, 0.2) is 0 Å². The number of nitrogens with one attached hydrogen (secondary N) is 1. The van der Waals surface area contributed by atoms with E-state index in [0.29, 0.717) is 18.5 Å². The Hall–Kier alpha value is -3.10. The van der Waals surface area contributed by atoms with Crippen molar-refractivity contribution in [3.63, 3.8) is 0 Å². The van der Waals surface area contributed by atoms with Crippen LogP contribution in [-0.2, 0) is 15.1 Å². The molecule has 8 heteroatoms. The number of aromatic hydroxyl groups is 1. The molecule has 8 nitrogen and oxygen atoms in total. The number of amides is 1. The summed E-state index contributed by atoms with van der Waals surface area (Å²) in [6, 6.07) is 12.1. The fourth-order valence-corrected chi connectivity index (χ4v) is 3.86. The number of β-amino-alcohol motifs (C(OH)–C–C–N with tert-alkyl or cyclic N) is 1. The van der Waals surface area contributed by atoms with Gasteiger partial charge >= 0.3 is 12.1 Å². The number of ether oxygens (including phenoxy) is 2. The summed E-state index contributed by atoms with van der Waals surface area (Å²) in [5.41, 5.74) is 1.18. The Morgan fingerprint density at radius 3 is 2.64 bits per heavy atom. The zero-order chi connectivity index (χ0) is 24.4. The Morgan fingerprint density at radius 1 is 1.24 bits per heavy atom. The van der Waals surface area contributed by atoms with Crippen molar-refractivity contribution < 1.29 is 29.3 Å². The molecule has 3 rings (SSSR count). The molecule has 0 radical (unpaired) electrons. The third-order valence-corrected chi connectivity index (χ3v) is 5.95. The van der Waals surface area contributed by atoms with E-state index in [9.17, 15) is 19.8 Å². The second kappa shape index (κ2) is 9.41. The van der Waals surface area contributed by atoms with Crippen molar-refractivity contribution in [3.05, 3.63) is 59.2 Å². The lowest BCUT2D eigenvalue weighted by Crippen LogP contribution is -2.48. The Kier molecular flexibility index (Phi) is 7.00. The minimum absolute atomic E-state index is 0.00138. The predicted molar refractivity (Wildman–Crippen MR) is 124 cm³/mol. The average molecular weight is 457 g/mol. The molecule has 3 N–H and O–H groups in total. The maximum absolute atomic E-state index is 12.7. The first-order chi connectivity index (χ1) is 15.4. The van der Waals surface area contributed by atoms with Gasteiger partial charge in [-0.3, -0.25) is 4.90 Å². The van der Waals surface area contributed by atoms with E-state index in [1.165, 1.54) is 19.2 Å². The number of esters is 1. The van der Waals surface area contributed by atoms with Crippen molar-refractivity contribution in [1.82, 2.24) is 5.32 Å². The molecule has 1 atom stereocenters. The normalized spacial score (nSPS) is 16.1. The van der Waals surface area contributed by atoms with Crippen molar-refractivity contribution in [3.8, 4) is 5.75 Å². The number of hydrogen-bond acceptors (Lipinski definition) is 7. The van der Waals surface area contributed by atoms with Crippen LogP contribution in [0.2, 0.25) is 0 Å². The van der Waals surface area contributed by atoms with Crippen LogP contribution in [0.1, 0.15) is 61.7 Å². The number of carbonyl (C=O) groups is 2. The molecular formula is C25H32N2O6. The van der Waals surface area contributed by atoms with Crippen LogP contribution in [0.5, 0.6) is 5.75 Å². The number of aliphatic hydroxyl groups is 1. The molecule has 1 aliphatic rings. The third kappa shape index (κ3) is 5.46. The maximum atomic E-state index is 12.7. The van der Waals surface area contributed by atoms with Crippen molar-refractivity contribution in [1.29, 1.82) is 0 Å². The molecule has 1 heterocycles. The number of cyclic esters (lactones) is 1. The lowest BCUT2D eigenvalue weighted by Gasteiger charge is -2.39. The second-order valence-corrected chi connectivity index (χ2v) is 9.35. The van der Waals surface area contributed by atoms with Crippen LogP contribution in [0, 0.1) is 0 Å². The predicted octanol–water partition coefficient (Wildman–Crippen LogP) is 3.86. The van der Waals surface area contributed by atoms with Crippen LogP contribution < -0.4 is 10.2 Å². The molecule has 2 aromatic rings. The van der Waals surface area contributed by atoms with Gasteiger partial charge in [-0.05, 0) is 57.9 Å². The molecule has 178 valence electrons. The van der Waals surface area contributed by atoms with Crippen molar-refractivity contribution >= 4 is 17.7 Å². The van der Waals surface area contributed by atoms with Crippen LogP contribution in [0.25, 0.3) is 0 Å². The van der Waals surface area contributed by atoms with Gasteiger partial charge in [0.2, 0.25) is 0 Å². The molecule has 1 amide bonds. The van der Waals surface area contributed by atoms with Gasteiger partial charge in [0.05, 0.1) is 18.9 Å². The number of carbonyl (C=O) groups excluding carboxylic acids is 2. The van der Waals surface area contributed by atoms with E-state index >= 15 is 0 Å². The summed E-state index contributed by atoms with van der Waals surface area (Å²) >= 11 is 0. The molecule has 0 saturated carbocycles. The topological polar surface area (TPSA) is 108 Å². The Labute approximate surface area is 194 Å². The van der Waals surface area contributed by atoms with Crippen LogP contribution in [0.3, 0.4) is 0 Å². The molecule has 0 aromatic heterocycles. The van der Waals surface area contributed by atoms with Crippen LogP contribution >= 0.6 is 0 Å². The third-order valence-electron chi connectivity index (χ3n) is 5.95. The summed E-state index contributed by atoms with van der Waals surface area (Å²) in [4.78, 5) is 26.1. The van der Waals surface area contributed by atoms with E-state index < -0.39 is 23.2 Å². The number of para-hydroxylation sites is 1. The van der Waals surface area contributed by atoms with Crippen LogP contribution in [-0.4, -0.2) is 48.0 Å². The lowest BCUT2D eigenvalue weighted by molar-refractivity contribution is 0.0347. The van der Waals surface area contributed by atoms with E-state index in [2.05, 4.69) is 10.1 Å². The zero-order valence-corrected chi connectivity index (χ0v) is 19.7. The Balaban J connectivity index is 1.64. The first-order valence-electron chi connectivity index (χ1n) is 10.9. The molecule has 33 heavy (non-hydrogen) atoms. The minimum Gasteiger partial charge on any atom is -0.507 e. The van der Waals surface area contributed by atoms with Gasteiger partial charge < -0.3 is 25.0 Å². The molecule has 1 unspecified atom stereocenters. The number of hydrogen-bond donors (Lipinski definition) is 3. The molecule has 0 spiro atoms. The monoisotopic (exact) mass is 456 g/mol. The highest BCUT2D eigenvalue weighted by molar-refractivity contribution is 5.92. The number of benzene rings is 2. The number of phenols is 1. The van der Waals surface area contributed by atoms with E-state index in [1.807, 2.05) is 52.0 Å². The van der Waals surface area contributed by atoms with E-state index in [4.69, 9.17) is 4.74 Å². The van der Waals surface area contributed by atoms with Crippen LogP contribution in [0.4, 0.5) is 10.5 Å². The number of nitrogens with zero attached hydrogens (tertiary/aromatic N) is 1. The van der Waals surface area contributed by atoms with Crippen LogP contribution in [0.15, 0.2) is 42.5 Å². The summed E-state index contributed by atoms with van der Waals surface area (Å²) < 4.78 is 10.3. The molecule has 0 aliphatic carbocycles. The number of anilines is 1. The fraction of sp³-hybridized carbons (Fsp3) is 0.440. The smallest absolute Gasteiger partial charge is 0.415 e. The van der Waals surface area contributed by atoms with Gasteiger partial charge in [-0.2, -0.15) is 0 Å². The highest BCUT2D eigenvalue weighted by Crippen LogP contribution is 2.38. The van der Waals surface area contributed by atoms with Crippen molar-refractivity contribution in [2.24, 2.45) is 0 Å². The Bertz CT molecular complexity index is 1030. The molecule has 0 bridgehead atoms. The van der Waals surface area contributed by atoms with Gasteiger partial charge in [-0.25, -0.2) is 9.59 Å². The van der Waals surface area contributed by atoms with Gasteiger partial charge in [0, 0.05) is 24.2 Å². The van der Waals surface area contributed by atoms with E-state index in [-0.39, 0.29) is 24.0 Å². The molecule has 2 aromatic carbocycles. The van der Waals surface area contributed by atoms with Gasteiger partial charge in [0.1, 0.15) is 16.9 Å². The molecule has 0 fully saturated rings. The lowest BCUT2D eigenvalue weighted by atomic mass is 9.93. The number of fused-ring (bicyclic) bond motifs is 1. The number of aliphatic hydroxyl groups excluding tert-OH is 1. The van der Waals surface area contributed by atoms with Gasteiger partial charge in [-0.15, -0.1) is 0 Å². The first kappa shape index (κ1) is 24.5. The van der Waals surface area contributed by atoms with E-state index in [0.717, 1.165) is 11.3 Å². The highest BCUT2D eigenvalue weighted by atomic mass is 16.6. The SMILES string of the molecule is COC(=O)c1cc(C(O)CNC(C)(C)CCN2C(=O)OC(C)(C)c3ccccc32)ccc1O. The van der Waals surface area contributed by atoms with Crippen molar-refractivity contribution in [2.75, 3.05) is 25.1 Å². The number of methoxy groups -OCH3 is 1. The average Bonchev–Trinajstić information content (AvgIpc) is 2.76. The van der Waals surface area contributed by atoms with Gasteiger partial charge in [-0.1, -0.05) is 24.3 Å². The maximum Gasteiger partial charge on any atom is 0.415 e. The molecule has 1 aliphatic heterocycles. The molecular weight excluding hydrogens is 424 g/mol. The second-order valence-electron chi connectivity index (χ2n) is 9.35. The minimum atomic E-state index is -0.908. The molecule has 0 saturated heterocycles. The van der Waals surface area contributed by atoms with E-state index in [1.54, 1.807) is 11.0 Å². The quantitative estimate of drug-likeness (QED) is 0.518. The first-order valence-corrected chi connectivity index (χ1v) is 10.9. The number of phenolic OH excluding ortho intramolecular Hbond substituents is 1. The zero-order valence-electron chi connectivity index (χ0n) is 19.7. The number of rotatable bonds is 8. The summed E-state index contributed by atoms with van der Waals surface area (Å²) in [7, 11) is 1.23. The fourth-order valence-electron chi connectivity index (χ4n) is 3.86. The largest absolute Gasteiger partial charge is 0.507 e. The van der Waals surface area contributed by atoms with Crippen molar-refractivity contribution in [2.45, 2.75) is 51.4 Å². The van der Waals surface area contributed by atoms with Gasteiger partial charge in [0.25, 0.3) is 0 Å². The Morgan fingerprint density at radius 2 is 1.94 bits per heavy atom. The summed E-state index contributed by atoms with van der Waals surface area (Å²) in [6.07, 6.45) is -0.684. The summed E-state index contributed by atoms with van der Waals surface area (Å²) in [5, 5.41) is 23.8.